The van der Waals surface area contributed by atoms with Crippen molar-refractivity contribution in [3.05, 3.63) is 58.4 Å². The molecule has 0 saturated carbocycles. The second-order valence-electron chi connectivity index (χ2n) is 3.97. The molecule has 0 spiro atoms. The van der Waals surface area contributed by atoms with E-state index in [-0.39, 0.29) is 5.56 Å². The molecule has 1 aromatic heterocycles. The lowest BCUT2D eigenvalue weighted by atomic mass is 10.2. The number of nitrogens with zero attached hydrogens (tertiary/aromatic N) is 2. The highest BCUT2D eigenvalue weighted by Gasteiger charge is 2.07. The Kier molecular flexibility index (Phi) is 4.18. The van der Waals surface area contributed by atoms with Gasteiger partial charge in [0.2, 0.25) is 0 Å². The SMILES string of the molecule is N#Cc1c(Cl)cccc1NCc1cc(C(=O)O)ccn1. The molecule has 0 aliphatic carbocycles. The van der Waals surface area contributed by atoms with Gasteiger partial charge in [-0.2, -0.15) is 5.26 Å². The molecule has 6 heteroatoms. The first-order chi connectivity index (χ1) is 9.61. The van der Waals surface area contributed by atoms with Crippen molar-refractivity contribution < 1.29 is 9.90 Å². The third-order valence-corrected chi connectivity index (χ3v) is 2.96. The maximum atomic E-state index is 10.9. The van der Waals surface area contributed by atoms with Crippen molar-refractivity contribution >= 4 is 23.3 Å². The molecule has 0 unspecified atom stereocenters. The van der Waals surface area contributed by atoms with Gasteiger partial charge >= 0.3 is 5.97 Å². The molecule has 0 fully saturated rings. The number of carboxylic acids is 1. The Bertz CT molecular complexity index is 695. The predicted octanol–water partition coefficient (Wildman–Crippen LogP) is 2.92. The number of benzene rings is 1. The minimum Gasteiger partial charge on any atom is -0.478 e. The molecule has 20 heavy (non-hydrogen) atoms. The van der Waals surface area contributed by atoms with E-state index in [1.165, 1.54) is 18.3 Å². The van der Waals surface area contributed by atoms with Gasteiger partial charge < -0.3 is 10.4 Å². The molecule has 1 aromatic carbocycles. The highest BCUT2D eigenvalue weighted by atomic mass is 35.5. The van der Waals surface area contributed by atoms with E-state index in [4.69, 9.17) is 22.0 Å². The largest absolute Gasteiger partial charge is 0.478 e. The summed E-state index contributed by atoms with van der Waals surface area (Å²) in [5.41, 5.74) is 1.67. The quantitative estimate of drug-likeness (QED) is 0.903. The summed E-state index contributed by atoms with van der Waals surface area (Å²) in [6.45, 7) is 0.302. The zero-order valence-corrected chi connectivity index (χ0v) is 11.1. The zero-order valence-electron chi connectivity index (χ0n) is 10.3. The van der Waals surface area contributed by atoms with E-state index in [9.17, 15) is 4.79 Å². The summed E-state index contributed by atoms with van der Waals surface area (Å²) < 4.78 is 0. The fraction of sp³-hybridized carbons (Fsp3) is 0.0714. The predicted molar refractivity (Wildman–Crippen MR) is 74.7 cm³/mol. The number of aromatic carboxylic acids is 1. The van der Waals surface area contributed by atoms with E-state index in [1.807, 2.05) is 6.07 Å². The van der Waals surface area contributed by atoms with Gasteiger partial charge in [0.25, 0.3) is 0 Å². The van der Waals surface area contributed by atoms with Gasteiger partial charge in [-0.25, -0.2) is 4.79 Å². The van der Waals surface area contributed by atoms with Crippen LogP contribution >= 0.6 is 11.6 Å². The fourth-order valence-electron chi connectivity index (χ4n) is 1.68. The first-order valence-electron chi connectivity index (χ1n) is 5.72. The second-order valence-corrected chi connectivity index (χ2v) is 4.38. The molecule has 5 nitrogen and oxygen atoms in total. The third-order valence-electron chi connectivity index (χ3n) is 2.65. The summed E-state index contributed by atoms with van der Waals surface area (Å²) in [7, 11) is 0. The number of halogens is 1. The minimum absolute atomic E-state index is 0.170. The molecular weight excluding hydrogens is 278 g/mol. The van der Waals surface area contributed by atoms with Gasteiger partial charge in [0.05, 0.1) is 34.1 Å². The van der Waals surface area contributed by atoms with Crippen LogP contribution in [0.4, 0.5) is 5.69 Å². The molecule has 2 N–H and O–H groups in total. The maximum absolute atomic E-state index is 10.9. The van der Waals surface area contributed by atoms with Crippen LogP contribution in [0.3, 0.4) is 0 Å². The molecule has 0 saturated heterocycles. The van der Waals surface area contributed by atoms with Crippen LogP contribution in [0.2, 0.25) is 5.02 Å². The summed E-state index contributed by atoms with van der Waals surface area (Å²) in [5.74, 6) is -1.01. The van der Waals surface area contributed by atoms with E-state index in [1.54, 1.807) is 18.2 Å². The first kappa shape index (κ1) is 13.8. The van der Waals surface area contributed by atoms with E-state index < -0.39 is 5.97 Å². The van der Waals surface area contributed by atoms with Crippen molar-refractivity contribution in [2.45, 2.75) is 6.54 Å². The van der Waals surface area contributed by atoms with Crippen molar-refractivity contribution in [2.24, 2.45) is 0 Å². The molecule has 2 aromatic rings. The van der Waals surface area contributed by atoms with Gasteiger partial charge in [-0.3, -0.25) is 4.98 Å². The molecule has 0 aliphatic rings. The van der Waals surface area contributed by atoms with Crippen LogP contribution in [-0.2, 0) is 6.54 Å². The molecule has 1 heterocycles. The van der Waals surface area contributed by atoms with Gasteiger partial charge in [0.15, 0.2) is 0 Å². The molecule has 0 amide bonds. The Labute approximate surface area is 120 Å². The maximum Gasteiger partial charge on any atom is 0.335 e. The first-order valence-corrected chi connectivity index (χ1v) is 6.10. The number of rotatable bonds is 4. The molecule has 0 aliphatic heterocycles. The second kappa shape index (κ2) is 6.04. The summed E-state index contributed by atoms with van der Waals surface area (Å²) in [5, 5.41) is 21.3. The van der Waals surface area contributed by atoms with Crippen molar-refractivity contribution in [2.75, 3.05) is 5.32 Å². The zero-order chi connectivity index (χ0) is 14.5. The standard InChI is InChI=1S/C14H10ClN3O2/c15-12-2-1-3-13(11(12)7-16)18-8-10-6-9(14(19)20)4-5-17-10/h1-6,18H,8H2,(H,19,20). The monoisotopic (exact) mass is 287 g/mol. The van der Waals surface area contributed by atoms with Gasteiger partial charge in [-0.05, 0) is 24.3 Å². The Morgan fingerprint density at radius 3 is 2.95 bits per heavy atom. The van der Waals surface area contributed by atoms with Crippen LogP contribution in [0.25, 0.3) is 0 Å². The van der Waals surface area contributed by atoms with Crippen molar-refractivity contribution in [1.82, 2.24) is 4.98 Å². The van der Waals surface area contributed by atoms with Crippen LogP contribution in [0.5, 0.6) is 0 Å². The Balaban J connectivity index is 2.17. The van der Waals surface area contributed by atoms with E-state index in [2.05, 4.69) is 10.3 Å². The normalized spacial score (nSPS) is 9.80. The minimum atomic E-state index is -1.01. The number of hydrogen-bond donors (Lipinski definition) is 2. The lowest BCUT2D eigenvalue weighted by Crippen LogP contribution is -2.05. The molecule has 2 rings (SSSR count). The number of hydrogen-bond acceptors (Lipinski definition) is 4. The number of carboxylic acid groups (broad SMARTS) is 1. The number of pyridine rings is 1. The fourth-order valence-corrected chi connectivity index (χ4v) is 1.90. The van der Waals surface area contributed by atoms with E-state index in [0.29, 0.717) is 28.5 Å². The lowest BCUT2D eigenvalue weighted by Gasteiger charge is -2.09. The smallest absolute Gasteiger partial charge is 0.335 e. The van der Waals surface area contributed by atoms with Crippen LogP contribution in [0, 0.1) is 11.3 Å². The number of nitrogens with one attached hydrogen (secondary N) is 1. The summed E-state index contributed by atoms with van der Waals surface area (Å²) >= 11 is 5.92. The Morgan fingerprint density at radius 1 is 1.45 bits per heavy atom. The van der Waals surface area contributed by atoms with Gasteiger partial charge in [-0.15, -0.1) is 0 Å². The third kappa shape index (κ3) is 3.05. The summed E-state index contributed by atoms with van der Waals surface area (Å²) in [4.78, 5) is 14.9. The summed E-state index contributed by atoms with van der Waals surface area (Å²) in [6.07, 6.45) is 1.43. The van der Waals surface area contributed by atoms with Gasteiger partial charge in [0, 0.05) is 6.20 Å². The Morgan fingerprint density at radius 2 is 2.25 bits per heavy atom. The van der Waals surface area contributed by atoms with E-state index in [0.717, 1.165) is 0 Å². The number of anilines is 1. The van der Waals surface area contributed by atoms with Crippen LogP contribution < -0.4 is 5.32 Å². The van der Waals surface area contributed by atoms with Crippen molar-refractivity contribution in [3.8, 4) is 6.07 Å². The average molecular weight is 288 g/mol. The highest BCUT2D eigenvalue weighted by molar-refractivity contribution is 6.32. The van der Waals surface area contributed by atoms with E-state index >= 15 is 0 Å². The van der Waals surface area contributed by atoms with Gasteiger partial charge in [-0.1, -0.05) is 17.7 Å². The van der Waals surface area contributed by atoms with Crippen LogP contribution in [-0.4, -0.2) is 16.1 Å². The van der Waals surface area contributed by atoms with Crippen molar-refractivity contribution in [3.63, 3.8) is 0 Å². The lowest BCUT2D eigenvalue weighted by molar-refractivity contribution is 0.0696. The topological polar surface area (TPSA) is 86.0 Å². The average Bonchev–Trinajstić information content (AvgIpc) is 2.45. The van der Waals surface area contributed by atoms with Crippen molar-refractivity contribution in [1.29, 1.82) is 5.26 Å². The summed E-state index contributed by atoms with van der Waals surface area (Å²) in [6, 6.07) is 10.0. The number of aromatic nitrogens is 1. The molecular formula is C14H10ClN3O2. The molecule has 0 bridgehead atoms. The number of nitriles is 1. The highest BCUT2D eigenvalue weighted by Crippen LogP contribution is 2.23. The molecule has 0 atom stereocenters. The van der Waals surface area contributed by atoms with Gasteiger partial charge in [0.1, 0.15) is 6.07 Å². The number of carbonyl (C=O) groups is 1. The molecule has 100 valence electrons. The van der Waals surface area contributed by atoms with Crippen LogP contribution in [0.1, 0.15) is 21.6 Å². The Hall–Kier alpha value is -2.58. The van der Waals surface area contributed by atoms with Crippen LogP contribution in [0.15, 0.2) is 36.5 Å². The molecule has 0 radical (unpaired) electrons.